The van der Waals surface area contributed by atoms with Crippen molar-refractivity contribution in [3.63, 3.8) is 0 Å². The summed E-state index contributed by atoms with van der Waals surface area (Å²) in [6.07, 6.45) is 0.952. The van der Waals surface area contributed by atoms with E-state index in [9.17, 15) is 4.79 Å². The number of anilines is 1. The van der Waals surface area contributed by atoms with Gasteiger partial charge in [0.15, 0.2) is 0 Å². The highest BCUT2D eigenvalue weighted by Gasteiger charge is 2.15. The topological polar surface area (TPSA) is 48.1 Å². The van der Waals surface area contributed by atoms with Crippen LogP contribution in [0.5, 0.6) is 0 Å². The van der Waals surface area contributed by atoms with E-state index >= 15 is 0 Å². The molecule has 0 bridgehead atoms. The van der Waals surface area contributed by atoms with Crippen LogP contribution in [0.15, 0.2) is 42.5 Å². The molecule has 2 aromatic carbocycles. The molecule has 0 saturated carbocycles. The molecular weight excluding hydrogens is 298 g/mol. The van der Waals surface area contributed by atoms with Crippen LogP contribution in [0.25, 0.3) is 22.0 Å². The van der Waals surface area contributed by atoms with E-state index in [4.69, 9.17) is 0 Å². The molecule has 24 heavy (non-hydrogen) atoms. The van der Waals surface area contributed by atoms with Crippen molar-refractivity contribution >= 4 is 22.5 Å². The molecule has 0 unspecified atom stereocenters. The van der Waals surface area contributed by atoms with Gasteiger partial charge in [0.1, 0.15) is 5.69 Å². The Morgan fingerprint density at radius 3 is 2.42 bits per heavy atom. The summed E-state index contributed by atoms with van der Waals surface area (Å²) < 4.78 is 0. The molecule has 1 aromatic heterocycles. The number of benzene rings is 2. The normalized spacial score (nSPS) is 10.8. The van der Waals surface area contributed by atoms with Crippen molar-refractivity contribution in [2.75, 3.05) is 26.5 Å². The maximum Gasteiger partial charge on any atom is 0.269 e. The molecular formula is C20H23N3O. The molecule has 0 radical (unpaired) electrons. The van der Waals surface area contributed by atoms with E-state index in [2.05, 4.69) is 53.6 Å². The number of hydrogen-bond acceptors (Lipinski definition) is 2. The standard InChI is InChI=1S/C20H23N3O/c1-5-13-10-16(14-6-8-15(21-2)9-7-14)17-12-19(20(24)23(3)4)22-18(17)11-13/h6-12,21-22H,5H2,1-4H3. The van der Waals surface area contributed by atoms with Crippen molar-refractivity contribution in [2.24, 2.45) is 0 Å². The smallest absolute Gasteiger partial charge is 0.269 e. The Morgan fingerprint density at radius 2 is 1.83 bits per heavy atom. The summed E-state index contributed by atoms with van der Waals surface area (Å²) in [7, 11) is 5.45. The van der Waals surface area contributed by atoms with E-state index in [0.717, 1.165) is 34.1 Å². The summed E-state index contributed by atoms with van der Waals surface area (Å²) >= 11 is 0. The van der Waals surface area contributed by atoms with Gasteiger partial charge in [0.05, 0.1) is 0 Å². The van der Waals surface area contributed by atoms with Crippen molar-refractivity contribution in [2.45, 2.75) is 13.3 Å². The van der Waals surface area contributed by atoms with E-state index in [0.29, 0.717) is 5.69 Å². The van der Waals surface area contributed by atoms with E-state index in [-0.39, 0.29) is 5.91 Å². The lowest BCUT2D eigenvalue weighted by Crippen LogP contribution is -2.21. The molecule has 4 heteroatoms. The molecule has 1 heterocycles. The number of amides is 1. The third-order valence-corrected chi connectivity index (χ3v) is 4.33. The van der Waals surface area contributed by atoms with E-state index in [1.54, 1.807) is 19.0 Å². The Labute approximate surface area is 142 Å². The number of hydrogen-bond donors (Lipinski definition) is 2. The Morgan fingerprint density at radius 1 is 1.12 bits per heavy atom. The molecule has 0 atom stereocenters. The number of carbonyl (C=O) groups excluding carboxylic acids is 1. The number of fused-ring (bicyclic) bond motifs is 1. The van der Waals surface area contributed by atoms with Gasteiger partial charge >= 0.3 is 0 Å². The van der Waals surface area contributed by atoms with Crippen LogP contribution in [0.1, 0.15) is 23.0 Å². The lowest BCUT2D eigenvalue weighted by Gasteiger charge is -2.08. The first-order valence-corrected chi connectivity index (χ1v) is 8.19. The van der Waals surface area contributed by atoms with Crippen molar-refractivity contribution in [1.29, 1.82) is 0 Å². The first kappa shape index (κ1) is 16.1. The maximum absolute atomic E-state index is 12.3. The Bertz CT molecular complexity index is 876. The minimum Gasteiger partial charge on any atom is -0.388 e. The second-order valence-electron chi connectivity index (χ2n) is 6.17. The summed E-state index contributed by atoms with van der Waals surface area (Å²) in [6.45, 7) is 2.14. The third kappa shape index (κ3) is 2.87. The fraction of sp³-hybridized carbons (Fsp3) is 0.250. The van der Waals surface area contributed by atoms with Gasteiger partial charge in [0.2, 0.25) is 0 Å². The average Bonchev–Trinajstić information content (AvgIpc) is 3.04. The zero-order valence-corrected chi connectivity index (χ0v) is 14.6. The number of carbonyl (C=O) groups is 1. The molecule has 0 saturated heterocycles. The molecule has 0 aliphatic heterocycles. The summed E-state index contributed by atoms with van der Waals surface area (Å²) in [6, 6.07) is 14.7. The number of aromatic amines is 1. The van der Waals surface area contributed by atoms with E-state index in [1.165, 1.54) is 5.56 Å². The zero-order chi connectivity index (χ0) is 17.3. The molecule has 1 amide bonds. The summed E-state index contributed by atoms with van der Waals surface area (Å²) in [5.74, 6) is -0.0132. The Hall–Kier alpha value is -2.75. The SMILES string of the molecule is CCc1cc(-c2ccc(NC)cc2)c2cc(C(=O)N(C)C)[nH]c2c1. The van der Waals surface area contributed by atoms with E-state index in [1.807, 2.05) is 13.1 Å². The van der Waals surface area contributed by atoms with Crippen molar-refractivity contribution in [3.8, 4) is 11.1 Å². The van der Waals surface area contributed by atoms with Crippen LogP contribution in [0.2, 0.25) is 0 Å². The van der Waals surface area contributed by atoms with Crippen LogP contribution < -0.4 is 5.32 Å². The Kier molecular flexibility index (Phi) is 4.30. The molecule has 124 valence electrons. The lowest BCUT2D eigenvalue weighted by molar-refractivity contribution is 0.0823. The van der Waals surface area contributed by atoms with Gasteiger partial charge < -0.3 is 15.2 Å². The largest absolute Gasteiger partial charge is 0.388 e. The maximum atomic E-state index is 12.3. The average molecular weight is 321 g/mol. The minimum absolute atomic E-state index is 0.0132. The number of H-pyrrole nitrogens is 1. The third-order valence-electron chi connectivity index (χ3n) is 4.33. The fourth-order valence-corrected chi connectivity index (χ4v) is 2.91. The highest BCUT2D eigenvalue weighted by Crippen LogP contribution is 2.32. The lowest BCUT2D eigenvalue weighted by atomic mass is 9.98. The van der Waals surface area contributed by atoms with Crippen LogP contribution >= 0.6 is 0 Å². The number of aryl methyl sites for hydroxylation is 1. The fourth-order valence-electron chi connectivity index (χ4n) is 2.91. The number of aromatic nitrogens is 1. The van der Waals surface area contributed by atoms with Gasteiger partial charge in [0.25, 0.3) is 5.91 Å². The van der Waals surface area contributed by atoms with Crippen molar-refractivity contribution in [1.82, 2.24) is 9.88 Å². The molecule has 3 aromatic rings. The minimum atomic E-state index is -0.0132. The highest BCUT2D eigenvalue weighted by molar-refractivity contribution is 6.03. The predicted octanol–water partition coefficient (Wildman–Crippen LogP) is 4.14. The molecule has 0 aliphatic rings. The first-order chi connectivity index (χ1) is 11.5. The monoisotopic (exact) mass is 321 g/mol. The quantitative estimate of drug-likeness (QED) is 0.758. The summed E-state index contributed by atoms with van der Waals surface area (Å²) in [4.78, 5) is 17.2. The van der Waals surface area contributed by atoms with Crippen LogP contribution in [0.3, 0.4) is 0 Å². The van der Waals surface area contributed by atoms with Gasteiger partial charge in [-0.2, -0.15) is 0 Å². The van der Waals surface area contributed by atoms with Crippen molar-refractivity contribution < 1.29 is 4.79 Å². The van der Waals surface area contributed by atoms with Crippen molar-refractivity contribution in [3.05, 3.63) is 53.7 Å². The van der Waals surface area contributed by atoms with Gasteiger partial charge in [-0.25, -0.2) is 0 Å². The number of nitrogens with one attached hydrogen (secondary N) is 2. The predicted molar refractivity (Wildman–Crippen MR) is 101 cm³/mol. The summed E-state index contributed by atoms with van der Waals surface area (Å²) in [5.41, 5.74) is 6.27. The zero-order valence-electron chi connectivity index (χ0n) is 14.6. The van der Waals surface area contributed by atoms with Crippen LogP contribution in [-0.2, 0) is 6.42 Å². The Balaban J connectivity index is 2.19. The van der Waals surface area contributed by atoms with Gasteiger partial charge in [-0.05, 0) is 47.4 Å². The van der Waals surface area contributed by atoms with Crippen LogP contribution in [0, 0.1) is 0 Å². The second kappa shape index (κ2) is 6.40. The molecule has 0 spiro atoms. The van der Waals surface area contributed by atoms with Gasteiger partial charge in [-0.15, -0.1) is 0 Å². The van der Waals surface area contributed by atoms with Crippen LogP contribution in [-0.4, -0.2) is 36.9 Å². The molecule has 3 rings (SSSR count). The highest BCUT2D eigenvalue weighted by atomic mass is 16.2. The molecule has 4 nitrogen and oxygen atoms in total. The molecule has 2 N–H and O–H groups in total. The van der Waals surface area contributed by atoms with Gasteiger partial charge in [-0.3, -0.25) is 4.79 Å². The number of rotatable bonds is 4. The first-order valence-electron chi connectivity index (χ1n) is 8.19. The van der Waals surface area contributed by atoms with Crippen LogP contribution in [0.4, 0.5) is 5.69 Å². The van der Waals surface area contributed by atoms with E-state index < -0.39 is 0 Å². The van der Waals surface area contributed by atoms with Gasteiger partial charge in [-0.1, -0.05) is 25.1 Å². The number of nitrogens with zero attached hydrogens (tertiary/aromatic N) is 1. The van der Waals surface area contributed by atoms with Gasteiger partial charge in [0, 0.05) is 37.7 Å². The molecule has 0 fully saturated rings. The summed E-state index contributed by atoms with van der Waals surface area (Å²) in [5, 5.41) is 4.22. The molecule has 0 aliphatic carbocycles. The second-order valence-corrected chi connectivity index (χ2v) is 6.17.